The third-order valence-corrected chi connectivity index (χ3v) is 6.30. The van der Waals surface area contributed by atoms with Gasteiger partial charge in [-0.25, -0.2) is 0 Å². The lowest BCUT2D eigenvalue weighted by molar-refractivity contribution is 0.0763. The minimum absolute atomic E-state index is 0.104. The summed E-state index contributed by atoms with van der Waals surface area (Å²) in [5.41, 5.74) is 1.72. The van der Waals surface area contributed by atoms with E-state index in [0.717, 1.165) is 43.0 Å². The van der Waals surface area contributed by atoms with Crippen LogP contribution < -0.4 is 0 Å². The summed E-state index contributed by atoms with van der Waals surface area (Å²) < 4.78 is 7.55. The number of hydrogen-bond acceptors (Lipinski definition) is 5. The number of nitrogens with zero attached hydrogens (tertiary/aromatic N) is 5. The molecule has 7 heteroatoms. The molecule has 0 unspecified atom stereocenters. The van der Waals surface area contributed by atoms with E-state index in [-0.39, 0.29) is 11.3 Å². The summed E-state index contributed by atoms with van der Waals surface area (Å²) in [6.45, 7) is 3.27. The maximum absolute atomic E-state index is 13.3. The van der Waals surface area contributed by atoms with E-state index in [0.29, 0.717) is 24.3 Å². The van der Waals surface area contributed by atoms with Crippen molar-refractivity contribution in [3.8, 4) is 0 Å². The quantitative estimate of drug-likeness (QED) is 0.855. The highest BCUT2D eigenvalue weighted by molar-refractivity contribution is 5.94. The normalized spacial score (nSPS) is 28.6. The van der Waals surface area contributed by atoms with Crippen molar-refractivity contribution >= 4 is 5.91 Å². The van der Waals surface area contributed by atoms with Crippen LogP contribution in [0, 0.1) is 12.8 Å². The molecule has 132 valence electrons. The Morgan fingerprint density at radius 1 is 1.32 bits per heavy atom. The molecule has 3 fully saturated rings. The highest BCUT2D eigenvalue weighted by Crippen LogP contribution is 2.50. The van der Waals surface area contributed by atoms with Crippen LogP contribution in [-0.2, 0) is 12.5 Å². The number of aromatic nitrogens is 4. The van der Waals surface area contributed by atoms with Crippen LogP contribution in [0.3, 0.4) is 0 Å². The second-order valence-corrected chi connectivity index (χ2v) is 7.90. The zero-order chi connectivity index (χ0) is 17.2. The Balaban J connectivity index is 1.47. The van der Waals surface area contributed by atoms with Crippen molar-refractivity contribution < 1.29 is 9.21 Å². The molecule has 0 N–H and O–H groups in total. The second kappa shape index (κ2) is 5.16. The Morgan fingerprint density at radius 2 is 2.16 bits per heavy atom. The standard InChI is InChI=1S/C18H23N5O2/c1-11-20-21-17(25-11)18-7-3-4-13(18)9-23(10-18)16(24)15-14(12-5-6-12)8-19-22(15)2/h8,12-13H,3-7,9-10H2,1-2H3/t13-,18-/m0/s1. The van der Waals surface area contributed by atoms with Gasteiger partial charge >= 0.3 is 0 Å². The van der Waals surface area contributed by atoms with Crippen LogP contribution in [0.15, 0.2) is 10.6 Å². The number of amides is 1. The molecule has 0 bridgehead atoms. The van der Waals surface area contributed by atoms with Crippen molar-refractivity contribution in [3.63, 3.8) is 0 Å². The van der Waals surface area contributed by atoms with Crippen molar-refractivity contribution in [3.05, 3.63) is 29.2 Å². The van der Waals surface area contributed by atoms with Gasteiger partial charge in [-0.1, -0.05) is 6.42 Å². The summed E-state index contributed by atoms with van der Waals surface area (Å²) in [5, 5.41) is 12.7. The van der Waals surface area contributed by atoms with Gasteiger partial charge in [-0.15, -0.1) is 10.2 Å². The van der Waals surface area contributed by atoms with Crippen molar-refractivity contribution in [1.82, 2.24) is 24.9 Å². The fourth-order valence-corrected chi connectivity index (χ4v) is 4.85. The Morgan fingerprint density at radius 3 is 2.88 bits per heavy atom. The molecule has 2 atom stereocenters. The van der Waals surface area contributed by atoms with Gasteiger partial charge in [0.05, 0.1) is 11.6 Å². The van der Waals surface area contributed by atoms with Crippen molar-refractivity contribution in [2.75, 3.05) is 13.1 Å². The molecule has 1 amide bonds. The van der Waals surface area contributed by atoms with E-state index in [1.165, 1.54) is 12.8 Å². The molecule has 0 spiro atoms. The molecule has 1 aliphatic heterocycles. The van der Waals surface area contributed by atoms with Gasteiger partial charge in [0, 0.05) is 32.6 Å². The van der Waals surface area contributed by atoms with E-state index in [1.807, 2.05) is 25.1 Å². The third kappa shape index (κ3) is 2.17. The van der Waals surface area contributed by atoms with Gasteiger partial charge in [0.2, 0.25) is 11.8 Å². The fraction of sp³-hybridized carbons (Fsp3) is 0.667. The van der Waals surface area contributed by atoms with Gasteiger partial charge in [-0.2, -0.15) is 5.10 Å². The summed E-state index contributed by atoms with van der Waals surface area (Å²) in [6, 6.07) is 0. The Kier molecular flexibility index (Phi) is 3.12. The van der Waals surface area contributed by atoms with Gasteiger partial charge in [0.1, 0.15) is 5.69 Å². The van der Waals surface area contributed by atoms with E-state index in [9.17, 15) is 4.79 Å². The molecule has 0 aromatic carbocycles. The van der Waals surface area contributed by atoms with Crippen LogP contribution in [0.2, 0.25) is 0 Å². The molecule has 3 heterocycles. The van der Waals surface area contributed by atoms with Crippen LogP contribution in [0.5, 0.6) is 0 Å². The molecule has 3 aliphatic rings. The highest BCUT2D eigenvalue weighted by Gasteiger charge is 2.55. The number of carbonyl (C=O) groups is 1. The first-order chi connectivity index (χ1) is 12.1. The maximum Gasteiger partial charge on any atom is 0.272 e. The number of rotatable bonds is 3. The molecule has 0 radical (unpaired) electrons. The van der Waals surface area contributed by atoms with Crippen LogP contribution in [0.1, 0.15) is 65.9 Å². The number of hydrogen-bond donors (Lipinski definition) is 0. The number of carbonyl (C=O) groups excluding carboxylic acids is 1. The van der Waals surface area contributed by atoms with Crippen LogP contribution >= 0.6 is 0 Å². The number of likely N-dealkylation sites (tertiary alicyclic amines) is 1. The van der Waals surface area contributed by atoms with Crippen molar-refractivity contribution in [2.24, 2.45) is 13.0 Å². The lowest BCUT2D eigenvalue weighted by atomic mass is 9.80. The molecule has 2 aromatic rings. The summed E-state index contributed by atoms with van der Waals surface area (Å²) in [5.74, 6) is 2.35. The molecule has 25 heavy (non-hydrogen) atoms. The van der Waals surface area contributed by atoms with Gasteiger partial charge in [-0.3, -0.25) is 9.48 Å². The second-order valence-electron chi connectivity index (χ2n) is 7.90. The Bertz CT molecular complexity index is 836. The Hall–Kier alpha value is -2.18. The van der Waals surface area contributed by atoms with Crippen molar-refractivity contribution in [1.29, 1.82) is 0 Å². The molecular formula is C18H23N5O2. The largest absolute Gasteiger partial charge is 0.425 e. The molecular weight excluding hydrogens is 318 g/mol. The molecule has 7 nitrogen and oxygen atoms in total. The predicted octanol–water partition coefficient (Wildman–Crippen LogP) is 2.18. The van der Waals surface area contributed by atoms with E-state index in [4.69, 9.17) is 4.42 Å². The Labute approximate surface area is 146 Å². The summed E-state index contributed by atoms with van der Waals surface area (Å²) in [4.78, 5) is 15.3. The monoisotopic (exact) mass is 341 g/mol. The lowest BCUT2D eigenvalue weighted by Gasteiger charge is -2.24. The molecule has 5 rings (SSSR count). The average Bonchev–Trinajstić information content (AvgIpc) is 2.92. The maximum atomic E-state index is 13.3. The first kappa shape index (κ1) is 15.1. The fourth-order valence-electron chi connectivity index (χ4n) is 4.85. The third-order valence-electron chi connectivity index (χ3n) is 6.30. The zero-order valence-corrected chi connectivity index (χ0v) is 14.7. The van der Waals surface area contributed by atoms with Gasteiger partial charge in [0.15, 0.2) is 0 Å². The SMILES string of the molecule is Cc1nnc([C@]23CCC[C@H]2CN(C(=O)c2c(C4CC4)cnn2C)C3)o1. The van der Waals surface area contributed by atoms with Gasteiger partial charge in [0.25, 0.3) is 5.91 Å². The summed E-state index contributed by atoms with van der Waals surface area (Å²) in [7, 11) is 1.87. The first-order valence-corrected chi connectivity index (χ1v) is 9.20. The van der Waals surface area contributed by atoms with Crippen LogP contribution in [0.25, 0.3) is 0 Å². The summed E-state index contributed by atoms with van der Waals surface area (Å²) >= 11 is 0. The van der Waals surface area contributed by atoms with Gasteiger partial charge in [-0.05, 0) is 37.5 Å². The molecule has 2 saturated carbocycles. The minimum Gasteiger partial charge on any atom is -0.425 e. The number of fused-ring (bicyclic) bond motifs is 1. The van der Waals surface area contributed by atoms with E-state index in [2.05, 4.69) is 15.3 Å². The van der Waals surface area contributed by atoms with E-state index in [1.54, 1.807) is 4.68 Å². The minimum atomic E-state index is -0.157. The van der Waals surface area contributed by atoms with E-state index < -0.39 is 0 Å². The van der Waals surface area contributed by atoms with Crippen LogP contribution in [-0.4, -0.2) is 43.9 Å². The van der Waals surface area contributed by atoms with Crippen LogP contribution in [0.4, 0.5) is 0 Å². The molecule has 2 aromatic heterocycles. The zero-order valence-electron chi connectivity index (χ0n) is 14.7. The summed E-state index contributed by atoms with van der Waals surface area (Å²) in [6.07, 6.45) is 7.50. The lowest BCUT2D eigenvalue weighted by Crippen LogP contribution is -2.36. The van der Waals surface area contributed by atoms with E-state index >= 15 is 0 Å². The van der Waals surface area contributed by atoms with Crippen molar-refractivity contribution in [2.45, 2.75) is 50.4 Å². The number of aryl methyl sites for hydroxylation is 2. The van der Waals surface area contributed by atoms with Gasteiger partial charge < -0.3 is 9.32 Å². The predicted molar refractivity (Wildman–Crippen MR) is 89.1 cm³/mol. The highest BCUT2D eigenvalue weighted by atomic mass is 16.4. The molecule has 1 saturated heterocycles. The topological polar surface area (TPSA) is 77.1 Å². The average molecular weight is 341 g/mol. The first-order valence-electron chi connectivity index (χ1n) is 9.20. The smallest absolute Gasteiger partial charge is 0.272 e. The molecule has 2 aliphatic carbocycles.